The third-order valence-electron chi connectivity index (χ3n) is 3.06. The number of benzene rings is 1. The van der Waals surface area contributed by atoms with E-state index in [4.69, 9.17) is 4.74 Å². The summed E-state index contributed by atoms with van der Waals surface area (Å²) in [5.74, 6) is 1.65. The first-order valence-electron chi connectivity index (χ1n) is 5.91. The van der Waals surface area contributed by atoms with Crippen LogP contribution in [-0.2, 0) is 0 Å². The summed E-state index contributed by atoms with van der Waals surface area (Å²) in [6, 6.07) is 8.19. The Kier molecular flexibility index (Phi) is 4.00. The van der Waals surface area contributed by atoms with E-state index in [-0.39, 0.29) is 0 Å². The molecule has 1 saturated heterocycles. The summed E-state index contributed by atoms with van der Waals surface area (Å²) in [4.78, 5) is 0. The zero-order chi connectivity index (χ0) is 11.2. The molecule has 0 amide bonds. The first-order chi connectivity index (χ1) is 7.88. The zero-order valence-electron chi connectivity index (χ0n) is 9.78. The monoisotopic (exact) mass is 217 g/mol. The zero-order valence-corrected chi connectivity index (χ0v) is 9.78. The predicted octanol–water partition coefficient (Wildman–Crippen LogP) is 2.71. The average Bonchev–Trinajstić information content (AvgIpc) is 2.38. The molecule has 0 unspecified atom stereocenters. The lowest BCUT2D eigenvalue weighted by Gasteiger charge is -2.19. The van der Waals surface area contributed by atoms with Crippen LogP contribution in [0.25, 0.3) is 6.08 Å². The Morgan fingerprint density at radius 2 is 1.88 bits per heavy atom. The summed E-state index contributed by atoms with van der Waals surface area (Å²) < 4.78 is 5.13. The van der Waals surface area contributed by atoms with Gasteiger partial charge in [-0.05, 0) is 49.5 Å². The van der Waals surface area contributed by atoms with Crippen LogP contribution in [-0.4, -0.2) is 20.2 Å². The van der Waals surface area contributed by atoms with Gasteiger partial charge in [-0.15, -0.1) is 0 Å². The molecule has 0 spiro atoms. The second-order valence-corrected chi connectivity index (χ2v) is 4.22. The molecule has 86 valence electrons. The molecular weight excluding hydrogens is 198 g/mol. The molecule has 1 aromatic carbocycles. The highest BCUT2D eigenvalue weighted by molar-refractivity contribution is 5.50. The highest BCUT2D eigenvalue weighted by Crippen LogP contribution is 2.17. The average molecular weight is 217 g/mol. The van der Waals surface area contributed by atoms with Crippen LogP contribution in [0.4, 0.5) is 0 Å². The van der Waals surface area contributed by atoms with Crippen LogP contribution < -0.4 is 10.1 Å². The minimum atomic E-state index is 0.739. The number of methoxy groups -OCH3 is 1. The summed E-state index contributed by atoms with van der Waals surface area (Å²) in [6.45, 7) is 2.30. The number of ether oxygens (including phenoxy) is 1. The van der Waals surface area contributed by atoms with Crippen LogP contribution in [0.5, 0.6) is 5.75 Å². The molecule has 2 heteroatoms. The SMILES string of the molecule is COc1ccc(/C=C/C2CCNCC2)cc1. The number of piperidine rings is 1. The maximum Gasteiger partial charge on any atom is 0.118 e. The quantitative estimate of drug-likeness (QED) is 0.840. The lowest BCUT2D eigenvalue weighted by molar-refractivity contribution is 0.415. The molecule has 16 heavy (non-hydrogen) atoms. The Morgan fingerprint density at radius 3 is 2.50 bits per heavy atom. The Labute approximate surface area is 97.3 Å². The largest absolute Gasteiger partial charge is 0.497 e. The van der Waals surface area contributed by atoms with E-state index < -0.39 is 0 Å². The smallest absolute Gasteiger partial charge is 0.118 e. The fourth-order valence-corrected chi connectivity index (χ4v) is 2.00. The highest BCUT2D eigenvalue weighted by Gasteiger charge is 2.08. The van der Waals surface area contributed by atoms with Crippen LogP contribution in [0.1, 0.15) is 18.4 Å². The van der Waals surface area contributed by atoms with Crippen molar-refractivity contribution in [3.63, 3.8) is 0 Å². The van der Waals surface area contributed by atoms with E-state index in [1.807, 2.05) is 12.1 Å². The normalized spacial score (nSPS) is 17.8. The van der Waals surface area contributed by atoms with Crippen molar-refractivity contribution >= 4 is 6.08 Å². The van der Waals surface area contributed by atoms with E-state index in [9.17, 15) is 0 Å². The first kappa shape index (κ1) is 11.2. The van der Waals surface area contributed by atoms with Gasteiger partial charge < -0.3 is 10.1 Å². The summed E-state index contributed by atoms with van der Waals surface area (Å²) >= 11 is 0. The summed E-state index contributed by atoms with van der Waals surface area (Å²) in [6.07, 6.45) is 7.07. The van der Waals surface area contributed by atoms with Gasteiger partial charge in [0.1, 0.15) is 5.75 Å². The second kappa shape index (κ2) is 5.71. The molecule has 1 fully saturated rings. The number of nitrogens with one attached hydrogen (secondary N) is 1. The molecule has 2 rings (SSSR count). The molecule has 1 heterocycles. The second-order valence-electron chi connectivity index (χ2n) is 4.22. The Bertz CT molecular complexity index is 336. The third-order valence-corrected chi connectivity index (χ3v) is 3.06. The number of hydrogen-bond acceptors (Lipinski definition) is 2. The van der Waals surface area contributed by atoms with Crippen molar-refractivity contribution in [2.75, 3.05) is 20.2 Å². The maximum absolute atomic E-state index is 5.13. The van der Waals surface area contributed by atoms with Crippen LogP contribution in [0.3, 0.4) is 0 Å². The minimum Gasteiger partial charge on any atom is -0.497 e. The van der Waals surface area contributed by atoms with Gasteiger partial charge in [-0.3, -0.25) is 0 Å². The molecule has 0 bridgehead atoms. The van der Waals surface area contributed by atoms with Crippen LogP contribution in [0, 0.1) is 5.92 Å². The van der Waals surface area contributed by atoms with Gasteiger partial charge in [-0.1, -0.05) is 24.3 Å². The van der Waals surface area contributed by atoms with Gasteiger partial charge in [-0.2, -0.15) is 0 Å². The van der Waals surface area contributed by atoms with E-state index in [0.29, 0.717) is 0 Å². The minimum absolute atomic E-state index is 0.739. The summed E-state index contributed by atoms with van der Waals surface area (Å²) in [5.41, 5.74) is 1.25. The molecule has 0 aliphatic carbocycles. The van der Waals surface area contributed by atoms with Crippen molar-refractivity contribution in [1.29, 1.82) is 0 Å². The Morgan fingerprint density at radius 1 is 1.19 bits per heavy atom. The van der Waals surface area contributed by atoms with E-state index in [2.05, 4.69) is 29.6 Å². The molecule has 1 N–H and O–H groups in total. The van der Waals surface area contributed by atoms with Crippen molar-refractivity contribution in [2.24, 2.45) is 5.92 Å². The molecule has 1 aliphatic heterocycles. The van der Waals surface area contributed by atoms with E-state index in [1.165, 1.54) is 18.4 Å². The lowest BCUT2D eigenvalue weighted by Crippen LogP contribution is -2.26. The number of rotatable bonds is 3. The predicted molar refractivity (Wildman–Crippen MR) is 67.6 cm³/mol. The van der Waals surface area contributed by atoms with Gasteiger partial charge in [0.2, 0.25) is 0 Å². The van der Waals surface area contributed by atoms with Crippen LogP contribution >= 0.6 is 0 Å². The highest BCUT2D eigenvalue weighted by atomic mass is 16.5. The van der Waals surface area contributed by atoms with Gasteiger partial charge in [-0.25, -0.2) is 0 Å². The van der Waals surface area contributed by atoms with E-state index >= 15 is 0 Å². The van der Waals surface area contributed by atoms with Crippen molar-refractivity contribution in [1.82, 2.24) is 5.32 Å². The molecular formula is C14H19NO. The molecule has 0 atom stereocenters. The van der Waals surface area contributed by atoms with E-state index in [1.54, 1.807) is 7.11 Å². The fourth-order valence-electron chi connectivity index (χ4n) is 2.00. The van der Waals surface area contributed by atoms with Crippen LogP contribution in [0.15, 0.2) is 30.3 Å². The standard InChI is InChI=1S/C14H19NO/c1-16-14-6-4-12(5-7-14)2-3-13-8-10-15-11-9-13/h2-7,13,15H,8-11H2,1H3/b3-2+. The number of hydrogen-bond donors (Lipinski definition) is 1. The molecule has 1 aromatic rings. The van der Waals surface area contributed by atoms with Crippen molar-refractivity contribution in [2.45, 2.75) is 12.8 Å². The summed E-state index contributed by atoms with van der Waals surface area (Å²) in [7, 11) is 1.69. The van der Waals surface area contributed by atoms with Crippen molar-refractivity contribution in [3.8, 4) is 5.75 Å². The Hall–Kier alpha value is -1.28. The van der Waals surface area contributed by atoms with Crippen molar-refractivity contribution < 1.29 is 4.74 Å². The van der Waals surface area contributed by atoms with Crippen molar-refractivity contribution in [3.05, 3.63) is 35.9 Å². The van der Waals surface area contributed by atoms with Gasteiger partial charge >= 0.3 is 0 Å². The van der Waals surface area contributed by atoms with Gasteiger partial charge in [0.05, 0.1) is 7.11 Å². The number of allylic oxidation sites excluding steroid dienone is 1. The third kappa shape index (κ3) is 3.11. The van der Waals surface area contributed by atoms with Gasteiger partial charge in [0.25, 0.3) is 0 Å². The van der Waals surface area contributed by atoms with Gasteiger partial charge in [0, 0.05) is 0 Å². The summed E-state index contributed by atoms with van der Waals surface area (Å²) in [5, 5.41) is 3.38. The molecule has 0 radical (unpaired) electrons. The molecule has 0 aromatic heterocycles. The topological polar surface area (TPSA) is 21.3 Å². The van der Waals surface area contributed by atoms with E-state index in [0.717, 1.165) is 24.8 Å². The molecule has 2 nitrogen and oxygen atoms in total. The van der Waals surface area contributed by atoms with Gasteiger partial charge in [0.15, 0.2) is 0 Å². The first-order valence-corrected chi connectivity index (χ1v) is 5.91. The van der Waals surface area contributed by atoms with Crippen LogP contribution in [0.2, 0.25) is 0 Å². The lowest BCUT2D eigenvalue weighted by atomic mass is 9.97. The molecule has 1 aliphatic rings. The Balaban J connectivity index is 1.94. The molecule has 0 saturated carbocycles. The maximum atomic E-state index is 5.13. The fraction of sp³-hybridized carbons (Fsp3) is 0.429.